The first kappa shape index (κ1) is 70.4. The summed E-state index contributed by atoms with van der Waals surface area (Å²) < 4.78 is 17.0. The van der Waals surface area contributed by atoms with Crippen LogP contribution in [0.3, 0.4) is 0 Å². The van der Waals surface area contributed by atoms with Crippen LogP contribution < -0.4 is 0 Å². The minimum atomic E-state index is -0.764. The molecule has 0 aliphatic carbocycles. The molecule has 0 spiro atoms. The number of carbonyl (C=O) groups excluding carboxylic acids is 3. The largest absolute Gasteiger partial charge is 0.462 e. The Labute approximate surface area is 450 Å². The van der Waals surface area contributed by atoms with E-state index in [1.165, 1.54) is 263 Å². The molecule has 0 heterocycles. The van der Waals surface area contributed by atoms with Crippen LogP contribution in [0.15, 0.2) is 0 Å². The molecule has 0 aliphatic rings. The van der Waals surface area contributed by atoms with Crippen molar-refractivity contribution in [3.8, 4) is 0 Å². The monoisotopic (exact) mass is 1020 g/mol. The molecule has 0 aromatic carbocycles. The van der Waals surface area contributed by atoms with Gasteiger partial charge in [0.15, 0.2) is 6.10 Å². The zero-order valence-corrected chi connectivity index (χ0v) is 49.6. The summed E-state index contributed by atoms with van der Waals surface area (Å²) in [5.41, 5.74) is 0. The summed E-state index contributed by atoms with van der Waals surface area (Å²) in [5.74, 6) is 0.920. The van der Waals surface area contributed by atoms with Gasteiger partial charge in [-0.2, -0.15) is 0 Å². The normalized spacial score (nSPS) is 12.4. The molecule has 0 saturated heterocycles. The molecule has 0 amide bonds. The fraction of sp³-hybridized carbons (Fsp3) is 0.955. The zero-order valence-electron chi connectivity index (χ0n) is 49.6. The summed E-state index contributed by atoms with van der Waals surface area (Å²) in [6.45, 7) is 11.5. The van der Waals surface area contributed by atoms with Crippen LogP contribution in [0.1, 0.15) is 375 Å². The van der Waals surface area contributed by atoms with E-state index < -0.39 is 6.10 Å². The Morgan fingerprint density at radius 3 is 0.792 bits per heavy atom. The minimum absolute atomic E-state index is 0.0616. The summed E-state index contributed by atoms with van der Waals surface area (Å²) in [4.78, 5) is 38.4. The Morgan fingerprint density at radius 1 is 0.292 bits per heavy atom. The van der Waals surface area contributed by atoms with E-state index in [1.807, 2.05) is 0 Å². The molecule has 1 unspecified atom stereocenters. The van der Waals surface area contributed by atoms with E-state index in [0.717, 1.165) is 69.6 Å². The maximum Gasteiger partial charge on any atom is 0.306 e. The second kappa shape index (κ2) is 58.7. The second-order valence-corrected chi connectivity index (χ2v) is 23.5. The number of rotatable bonds is 60. The van der Waals surface area contributed by atoms with Crippen molar-refractivity contribution in [2.45, 2.75) is 381 Å². The average Bonchev–Trinajstić information content (AvgIpc) is 3.37. The fourth-order valence-electron chi connectivity index (χ4n) is 10.3. The molecule has 428 valence electrons. The first-order valence-corrected chi connectivity index (χ1v) is 32.8. The van der Waals surface area contributed by atoms with Crippen LogP contribution in [0.4, 0.5) is 0 Å². The molecule has 2 atom stereocenters. The third kappa shape index (κ3) is 57.7. The van der Waals surface area contributed by atoms with Gasteiger partial charge in [-0.15, -0.1) is 0 Å². The molecular weight excluding hydrogens is 889 g/mol. The molecule has 0 fully saturated rings. The highest BCUT2D eigenvalue weighted by molar-refractivity contribution is 5.71. The van der Waals surface area contributed by atoms with Crippen LogP contribution in [0.25, 0.3) is 0 Å². The van der Waals surface area contributed by atoms with E-state index in [0.29, 0.717) is 19.3 Å². The van der Waals surface area contributed by atoms with Gasteiger partial charge < -0.3 is 14.2 Å². The number of carbonyl (C=O) groups is 3. The van der Waals surface area contributed by atoms with E-state index in [9.17, 15) is 14.4 Å². The molecule has 0 rings (SSSR count). The van der Waals surface area contributed by atoms with Crippen molar-refractivity contribution in [1.29, 1.82) is 0 Å². The second-order valence-electron chi connectivity index (χ2n) is 23.5. The average molecular weight is 1020 g/mol. The Morgan fingerprint density at radius 2 is 0.528 bits per heavy atom. The lowest BCUT2D eigenvalue weighted by Crippen LogP contribution is -2.30. The fourth-order valence-corrected chi connectivity index (χ4v) is 10.3. The summed E-state index contributed by atoms with van der Waals surface area (Å²) in [6.07, 6.45) is 65.2. The summed E-state index contributed by atoms with van der Waals surface area (Å²) in [7, 11) is 0. The number of esters is 3. The molecule has 6 heteroatoms. The lowest BCUT2D eigenvalue weighted by atomic mass is 9.99. The van der Waals surface area contributed by atoms with E-state index in [-0.39, 0.29) is 31.1 Å². The molecule has 0 saturated carbocycles. The van der Waals surface area contributed by atoms with Crippen molar-refractivity contribution in [2.75, 3.05) is 13.2 Å². The molecule has 0 N–H and O–H groups in total. The smallest absolute Gasteiger partial charge is 0.306 e. The van der Waals surface area contributed by atoms with E-state index in [4.69, 9.17) is 14.2 Å². The highest BCUT2D eigenvalue weighted by Gasteiger charge is 2.19. The van der Waals surface area contributed by atoms with Gasteiger partial charge >= 0.3 is 17.9 Å². The maximum atomic E-state index is 12.9. The zero-order chi connectivity index (χ0) is 52.5. The SMILES string of the molecule is CCCCCCCCCCCCCCCCCCCC(=O)O[C@@H](COC(=O)CCCCCCCCCCCCCCCCCCC(C)C)COC(=O)CCCCCCCCCCCCCCCCC(C)CC. The van der Waals surface area contributed by atoms with Gasteiger partial charge in [0.2, 0.25) is 0 Å². The molecule has 0 bridgehead atoms. The lowest BCUT2D eigenvalue weighted by Gasteiger charge is -2.18. The number of ether oxygens (including phenoxy) is 3. The van der Waals surface area contributed by atoms with E-state index in [2.05, 4.69) is 34.6 Å². The number of unbranched alkanes of at least 4 members (excludes halogenated alkanes) is 44. The van der Waals surface area contributed by atoms with Crippen molar-refractivity contribution < 1.29 is 28.6 Å². The van der Waals surface area contributed by atoms with E-state index >= 15 is 0 Å². The molecule has 0 aromatic rings. The van der Waals surface area contributed by atoms with Gasteiger partial charge in [-0.05, 0) is 31.1 Å². The Balaban J connectivity index is 4.29. The predicted octanol–water partition coefficient (Wildman–Crippen LogP) is 22.0. The predicted molar refractivity (Wildman–Crippen MR) is 312 cm³/mol. The van der Waals surface area contributed by atoms with Crippen molar-refractivity contribution in [3.05, 3.63) is 0 Å². The Bertz CT molecular complexity index is 1110. The van der Waals surface area contributed by atoms with Gasteiger partial charge in [-0.25, -0.2) is 0 Å². The molecule has 6 nitrogen and oxygen atoms in total. The highest BCUT2D eigenvalue weighted by atomic mass is 16.6. The standard InChI is InChI=1S/C66H128O6/c1-6-8-9-10-11-12-13-14-15-16-21-28-33-38-43-48-53-58-66(69)72-63(60-71-65(68)57-52-47-42-37-32-27-23-22-25-30-35-40-45-50-55-62(5)7-2)59-70-64(67)56-51-46-41-36-31-26-20-18-17-19-24-29-34-39-44-49-54-61(3)4/h61-63H,6-60H2,1-5H3/t62?,63-/m0/s1. The molecule has 72 heavy (non-hydrogen) atoms. The summed E-state index contributed by atoms with van der Waals surface area (Å²) in [6, 6.07) is 0. The third-order valence-corrected chi connectivity index (χ3v) is 15.6. The third-order valence-electron chi connectivity index (χ3n) is 15.6. The molecule has 0 aliphatic heterocycles. The molecule has 0 radical (unpaired) electrons. The maximum absolute atomic E-state index is 12.9. The number of hydrogen-bond acceptors (Lipinski definition) is 6. The Hall–Kier alpha value is -1.59. The lowest BCUT2D eigenvalue weighted by molar-refractivity contribution is -0.167. The van der Waals surface area contributed by atoms with Crippen molar-refractivity contribution >= 4 is 17.9 Å². The van der Waals surface area contributed by atoms with Crippen LogP contribution in [-0.2, 0) is 28.6 Å². The van der Waals surface area contributed by atoms with Crippen molar-refractivity contribution in [2.24, 2.45) is 11.8 Å². The van der Waals surface area contributed by atoms with Crippen molar-refractivity contribution in [3.63, 3.8) is 0 Å². The van der Waals surface area contributed by atoms with Gasteiger partial charge in [0.05, 0.1) is 0 Å². The highest BCUT2D eigenvalue weighted by Crippen LogP contribution is 2.19. The van der Waals surface area contributed by atoms with Crippen LogP contribution in [0.5, 0.6) is 0 Å². The van der Waals surface area contributed by atoms with Crippen LogP contribution in [0.2, 0.25) is 0 Å². The Kier molecular flexibility index (Phi) is 57.4. The molecule has 0 aromatic heterocycles. The van der Waals surface area contributed by atoms with Gasteiger partial charge in [0, 0.05) is 19.3 Å². The summed E-state index contributed by atoms with van der Waals surface area (Å²) >= 11 is 0. The van der Waals surface area contributed by atoms with Crippen LogP contribution in [0, 0.1) is 11.8 Å². The quantitative estimate of drug-likeness (QED) is 0.0343. The first-order chi connectivity index (χ1) is 35.3. The topological polar surface area (TPSA) is 78.9 Å². The van der Waals surface area contributed by atoms with Gasteiger partial charge in [-0.1, -0.05) is 336 Å². The minimum Gasteiger partial charge on any atom is -0.462 e. The van der Waals surface area contributed by atoms with Gasteiger partial charge in [-0.3, -0.25) is 14.4 Å². The summed E-state index contributed by atoms with van der Waals surface area (Å²) in [5, 5.41) is 0. The van der Waals surface area contributed by atoms with Crippen LogP contribution in [-0.4, -0.2) is 37.2 Å². The first-order valence-electron chi connectivity index (χ1n) is 32.8. The van der Waals surface area contributed by atoms with Crippen molar-refractivity contribution in [1.82, 2.24) is 0 Å². The van der Waals surface area contributed by atoms with Gasteiger partial charge in [0.25, 0.3) is 0 Å². The van der Waals surface area contributed by atoms with E-state index in [1.54, 1.807) is 0 Å². The van der Waals surface area contributed by atoms with Crippen LogP contribution >= 0.6 is 0 Å². The number of hydrogen-bond donors (Lipinski definition) is 0. The van der Waals surface area contributed by atoms with Gasteiger partial charge in [0.1, 0.15) is 13.2 Å². The molecular formula is C66H128O6.